The Kier molecular flexibility index (Phi) is 3.41. The molecule has 1 N–H and O–H groups in total. The van der Waals surface area contributed by atoms with Gasteiger partial charge in [-0.2, -0.15) is 0 Å². The SMILES string of the molecule is CCNc1c(C)c(C)nc2c(C)cc(OC)cc12. The van der Waals surface area contributed by atoms with Crippen molar-refractivity contribution in [3.05, 3.63) is 29.0 Å². The second-order valence-electron chi connectivity index (χ2n) is 4.57. The first-order valence-electron chi connectivity index (χ1n) is 6.27. The molecule has 96 valence electrons. The second-order valence-corrected chi connectivity index (χ2v) is 4.57. The molecule has 0 aliphatic rings. The molecule has 0 atom stereocenters. The molecule has 0 bridgehead atoms. The molecule has 0 radical (unpaired) electrons. The first kappa shape index (κ1) is 12.7. The lowest BCUT2D eigenvalue weighted by Crippen LogP contribution is -2.03. The van der Waals surface area contributed by atoms with E-state index in [4.69, 9.17) is 9.72 Å². The fourth-order valence-electron chi connectivity index (χ4n) is 2.24. The third kappa shape index (κ3) is 2.01. The fourth-order valence-corrected chi connectivity index (χ4v) is 2.24. The van der Waals surface area contributed by atoms with Crippen molar-refractivity contribution in [1.29, 1.82) is 0 Å². The minimum Gasteiger partial charge on any atom is -0.497 e. The van der Waals surface area contributed by atoms with Crippen molar-refractivity contribution in [1.82, 2.24) is 4.98 Å². The van der Waals surface area contributed by atoms with E-state index in [9.17, 15) is 0 Å². The average molecular weight is 244 g/mol. The summed E-state index contributed by atoms with van der Waals surface area (Å²) in [6, 6.07) is 4.08. The summed E-state index contributed by atoms with van der Waals surface area (Å²) in [7, 11) is 1.70. The third-order valence-corrected chi connectivity index (χ3v) is 3.33. The van der Waals surface area contributed by atoms with Crippen molar-refractivity contribution >= 4 is 16.6 Å². The van der Waals surface area contributed by atoms with Crippen LogP contribution in [0, 0.1) is 20.8 Å². The molecule has 1 aromatic heterocycles. The zero-order chi connectivity index (χ0) is 13.3. The monoisotopic (exact) mass is 244 g/mol. The zero-order valence-electron chi connectivity index (χ0n) is 11.7. The van der Waals surface area contributed by atoms with Gasteiger partial charge in [0.25, 0.3) is 0 Å². The first-order chi connectivity index (χ1) is 8.58. The maximum atomic E-state index is 5.35. The van der Waals surface area contributed by atoms with Crippen LogP contribution in [0.2, 0.25) is 0 Å². The van der Waals surface area contributed by atoms with Gasteiger partial charge in [-0.3, -0.25) is 4.98 Å². The first-order valence-corrected chi connectivity index (χ1v) is 6.27. The van der Waals surface area contributed by atoms with Crippen molar-refractivity contribution < 1.29 is 4.74 Å². The van der Waals surface area contributed by atoms with Crippen molar-refractivity contribution in [2.45, 2.75) is 27.7 Å². The van der Waals surface area contributed by atoms with Crippen molar-refractivity contribution in [2.75, 3.05) is 19.0 Å². The van der Waals surface area contributed by atoms with Crippen LogP contribution in [-0.4, -0.2) is 18.6 Å². The molecular weight excluding hydrogens is 224 g/mol. The summed E-state index contributed by atoms with van der Waals surface area (Å²) in [6.45, 7) is 9.24. The number of ether oxygens (including phenoxy) is 1. The summed E-state index contributed by atoms with van der Waals surface area (Å²) in [5.41, 5.74) is 5.65. The lowest BCUT2D eigenvalue weighted by Gasteiger charge is -2.15. The number of rotatable bonds is 3. The van der Waals surface area contributed by atoms with Crippen LogP contribution in [0.3, 0.4) is 0 Å². The van der Waals surface area contributed by atoms with Crippen molar-refractivity contribution in [3.8, 4) is 5.75 Å². The Labute approximate surface area is 108 Å². The number of nitrogens with one attached hydrogen (secondary N) is 1. The molecule has 2 aromatic rings. The van der Waals surface area contributed by atoms with Gasteiger partial charge in [-0.15, -0.1) is 0 Å². The maximum absolute atomic E-state index is 5.35. The summed E-state index contributed by atoms with van der Waals surface area (Å²) < 4.78 is 5.35. The predicted octanol–water partition coefficient (Wildman–Crippen LogP) is 3.60. The lowest BCUT2D eigenvalue weighted by molar-refractivity contribution is 0.415. The normalized spacial score (nSPS) is 10.7. The van der Waals surface area contributed by atoms with Crippen molar-refractivity contribution in [2.24, 2.45) is 0 Å². The number of nitrogens with zero attached hydrogens (tertiary/aromatic N) is 1. The van der Waals surface area contributed by atoms with Gasteiger partial charge >= 0.3 is 0 Å². The Balaban J connectivity index is 2.84. The van der Waals surface area contributed by atoms with Crippen LogP contribution in [0.15, 0.2) is 12.1 Å². The minimum atomic E-state index is 0.879. The van der Waals surface area contributed by atoms with Crippen molar-refractivity contribution in [3.63, 3.8) is 0 Å². The van der Waals surface area contributed by atoms with Crippen LogP contribution < -0.4 is 10.1 Å². The Bertz CT molecular complexity index is 591. The largest absolute Gasteiger partial charge is 0.497 e. The number of hydrogen-bond donors (Lipinski definition) is 1. The van der Waals surface area contributed by atoms with Gasteiger partial charge in [0.1, 0.15) is 5.75 Å². The van der Waals surface area contributed by atoms with Crippen LogP contribution in [0.1, 0.15) is 23.7 Å². The van der Waals surface area contributed by atoms with E-state index in [1.54, 1.807) is 7.11 Å². The minimum absolute atomic E-state index is 0.879. The molecule has 0 fully saturated rings. The van der Waals surface area contributed by atoms with Crippen LogP contribution in [0.5, 0.6) is 5.75 Å². The number of aromatic nitrogens is 1. The Morgan fingerprint density at radius 1 is 1.22 bits per heavy atom. The van der Waals surface area contributed by atoms with E-state index in [0.29, 0.717) is 0 Å². The number of benzene rings is 1. The summed E-state index contributed by atoms with van der Waals surface area (Å²) >= 11 is 0. The highest BCUT2D eigenvalue weighted by molar-refractivity contribution is 5.96. The molecule has 0 saturated heterocycles. The molecule has 18 heavy (non-hydrogen) atoms. The fraction of sp³-hybridized carbons (Fsp3) is 0.400. The molecule has 0 aliphatic carbocycles. The number of pyridine rings is 1. The van der Waals surface area contributed by atoms with Crippen LogP contribution in [0.4, 0.5) is 5.69 Å². The van der Waals surface area contributed by atoms with Gasteiger partial charge in [-0.1, -0.05) is 0 Å². The average Bonchev–Trinajstić information content (AvgIpc) is 2.36. The van der Waals surface area contributed by atoms with Gasteiger partial charge in [0, 0.05) is 23.3 Å². The highest BCUT2D eigenvalue weighted by Crippen LogP contribution is 2.32. The molecule has 3 nitrogen and oxygen atoms in total. The zero-order valence-corrected chi connectivity index (χ0v) is 11.7. The van der Waals surface area contributed by atoms with E-state index in [1.807, 2.05) is 6.07 Å². The van der Waals surface area contributed by atoms with E-state index in [0.717, 1.165) is 34.5 Å². The molecular formula is C15H20N2O. The summed E-state index contributed by atoms with van der Waals surface area (Å²) in [4.78, 5) is 4.70. The third-order valence-electron chi connectivity index (χ3n) is 3.33. The topological polar surface area (TPSA) is 34.2 Å². The van der Waals surface area contributed by atoms with Crippen LogP contribution in [-0.2, 0) is 0 Å². The second kappa shape index (κ2) is 4.84. The van der Waals surface area contributed by atoms with E-state index < -0.39 is 0 Å². The number of fused-ring (bicyclic) bond motifs is 1. The molecule has 3 heteroatoms. The standard InChI is InChI=1S/C15H20N2O/c1-6-16-15-10(3)11(4)17-14-9(2)7-12(18-5)8-13(14)15/h7-8H,6H2,1-5H3,(H,16,17). The summed E-state index contributed by atoms with van der Waals surface area (Å²) in [5, 5.41) is 4.58. The highest BCUT2D eigenvalue weighted by Gasteiger charge is 2.11. The Hall–Kier alpha value is -1.77. The van der Waals surface area contributed by atoms with Gasteiger partial charge in [-0.05, 0) is 51.0 Å². The molecule has 0 amide bonds. The van der Waals surface area contributed by atoms with E-state index in [-0.39, 0.29) is 0 Å². The smallest absolute Gasteiger partial charge is 0.119 e. The van der Waals surface area contributed by atoms with E-state index in [2.05, 4.69) is 39.1 Å². The predicted molar refractivity (Wildman–Crippen MR) is 76.7 cm³/mol. The molecule has 1 aromatic carbocycles. The number of methoxy groups -OCH3 is 1. The number of anilines is 1. The van der Waals surface area contributed by atoms with Crippen LogP contribution >= 0.6 is 0 Å². The van der Waals surface area contributed by atoms with E-state index >= 15 is 0 Å². The van der Waals surface area contributed by atoms with Gasteiger partial charge in [-0.25, -0.2) is 0 Å². The van der Waals surface area contributed by atoms with Gasteiger partial charge in [0.15, 0.2) is 0 Å². The molecule has 0 unspecified atom stereocenters. The number of aryl methyl sites for hydroxylation is 2. The van der Waals surface area contributed by atoms with Gasteiger partial charge in [0.2, 0.25) is 0 Å². The van der Waals surface area contributed by atoms with Gasteiger partial charge < -0.3 is 10.1 Å². The Morgan fingerprint density at radius 2 is 1.94 bits per heavy atom. The molecule has 0 saturated carbocycles. The highest BCUT2D eigenvalue weighted by atomic mass is 16.5. The molecule has 2 rings (SSSR count). The molecule has 1 heterocycles. The molecule has 0 spiro atoms. The lowest BCUT2D eigenvalue weighted by atomic mass is 10.0. The van der Waals surface area contributed by atoms with Crippen LogP contribution in [0.25, 0.3) is 10.9 Å². The maximum Gasteiger partial charge on any atom is 0.119 e. The summed E-state index contributed by atoms with van der Waals surface area (Å²) in [5.74, 6) is 0.879. The van der Waals surface area contributed by atoms with E-state index in [1.165, 1.54) is 11.3 Å². The summed E-state index contributed by atoms with van der Waals surface area (Å²) in [6.07, 6.45) is 0. The Morgan fingerprint density at radius 3 is 2.56 bits per heavy atom. The number of hydrogen-bond acceptors (Lipinski definition) is 3. The van der Waals surface area contributed by atoms with Gasteiger partial charge in [0.05, 0.1) is 12.6 Å². The quantitative estimate of drug-likeness (QED) is 0.895. The molecule has 0 aliphatic heterocycles.